The molecule has 0 radical (unpaired) electrons. The average Bonchev–Trinajstić information content (AvgIpc) is 3.09. The maximum absolute atomic E-state index is 12.7. The highest BCUT2D eigenvalue weighted by molar-refractivity contribution is 7.91. The zero-order valence-corrected chi connectivity index (χ0v) is 18.1. The van der Waals surface area contributed by atoms with Gasteiger partial charge in [-0.05, 0) is 37.0 Å². The van der Waals surface area contributed by atoms with Gasteiger partial charge in [0.05, 0.1) is 6.04 Å². The second kappa shape index (κ2) is 7.97. The first-order chi connectivity index (χ1) is 14.8. The van der Waals surface area contributed by atoms with Gasteiger partial charge in [-0.3, -0.25) is 5.41 Å². The van der Waals surface area contributed by atoms with Crippen LogP contribution in [0.1, 0.15) is 42.9 Å². The largest absolute Gasteiger partial charge is 0.434 e. The topological polar surface area (TPSA) is 130 Å². The molecule has 2 aromatic carbocycles. The molecule has 2 aromatic rings. The van der Waals surface area contributed by atoms with E-state index in [2.05, 4.69) is 4.90 Å². The van der Waals surface area contributed by atoms with Gasteiger partial charge in [-0.2, -0.15) is 8.42 Å². The van der Waals surface area contributed by atoms with Crippen molar-refractivity contribution < 1.29 is 13.2 Å². The number of nitrogen functional groups attached to an aromatic ring is 1. The summed E-state index contributed by atoms with van der Waals surface area (Å²) in [4.78, 5) is 14.5. The Bertz CT molecular complexity index is 1120. The van der Waals surface area contributed by atoms with E-state index < -0.39 is 19.9 Å². The standard InChI is InChI=1S/C22H27N5O3S/c23-21(24)17-5-3-6-18(15-17)26-12-2-1-7-20(26)16-8-10-19(11-9-16)27(22(25)28)13-4-14-31(27,29)30/h3,5-6,8-11,15,20H,1-2,4,7,12-14H2,(H4-,23,24,25,28)/p+1. The number of hydrogen-bond donors (Lipinski definition) is 3. The predicted molar refractivity (Wildman–Crippen MR) is 122 cm³/mol. The van der Waals surface area contributed by atoms with Crippen molar-refractivity contribution in [2.45, 2.75) is 31.7 Å². The highest BCUT2D eigenvalue weighted by atomic mass is 32.2. The Kier molecular flexibility index (Phi) is 5.49. The smallest absolute Gasteiger partial charge is 0.384 e. The number of piperidine rings is 1. The van der Waals surface area contributed by atoms with Crippen LogP contribution in [0.15, 0.2) is 48.5 Å². The summed E-state index contributed by atoms with van der Waals surface area (Å²) in [5.41, 5.74) is 14.4. The van der Waals surface area contributed by atoms with Crippen LogP contribution in [0.5, 0.6) is 0 Å². The number of rotatable bonds is 4. The first-order valence-corrected chi connectivity index (χ1v) is 12.1. The highest BCUT2D eigenvalue weighted by Gasteiger charge is 2.54. The van der Waals surface area contributed by atoms with Crippen molar-refractivity contribution in [1.82, 2.24) is 3.89 Å². The van der Waals surface area contributed by atoms with Crippen molar-refractivity contribution in [3.05, 3.63) is 59.7 Å². The Morgan fingerprint density at radius 2 is 1.81 bits per heavy atom. The predicted octanol–water partition coefficient (Wildman–Crippen LogP) is 2.82. The summed E-state index contributed by atoms with van der Waals surface area (Å²) >= 11 is 0. The summed E-state index contributed by atoms with van der Waals surface area (Å²) in [7, 11) is -3.68. The summed E-state index contributed by atoms with van der Waals surface area (Å²) < 4.78 is 24.5. The molecule has 2 aliphatic heterocycles. The molecule has 5 N–H and O–H groups in total. The van der Waals surface area contributed by atoms with E-state index in [0.717, 1.165) is 37.1 Å². The van der Waals surface area contributed by atoms with Crippen molar-refractivity contribution in [1.29, 1.82) is 5.41 Å². The maximum Gasteiger partial charge on any atom is 0.434 e. The molecule has 2 unspecified atom stereocenters. The van der Waals surface area contributed by atoms with E-state index in [4.69, 9.17) is 16.9 Å². The Labute approximate surface area is 182 Å². The van der Waals surface area contributed by atoms with Gasteiger partial charge < -0.3 is 16.4 Å². The van der Waals surface area contributed by atoms with Crippen molar-refractivity contribution in [2.24, 2.45) is 11.5 Å². The molecule has 2 saturated heterocycles. The van der Waals surface area contributed by atoms with Crippen LogP contribution in [0.3, 0.4) is 0 Å². The lowest BCUT2D eigenvalue weighted by atomic mass is 9.94. The number of amidine groups is 1. The number of nitrogens with zero attached hydrogens (tertiary/aromatic N) is 2. The molecule has 4 rings (SSSR count). The average molecular weight is 443 g/mol. The summed E-state index contributed by atoms with van der Waals surface area (Å²) in [6.07, 6.45) is 3.53. The number of nitrogens with two attached hydrogens (primary N) is 2. The molecule has 0 saturated carbocycles. The molecule has 2 amide bonds. The number of amides is 2. The minimum atomic E-state index is -3.68. The SMILES string of the molecule is N=C(N)c1cccc(N2CCCCC2c2ccc([N+]3(C(N)=O)CCCS3(=O)=O)cc2)c1. The van der Waals surface area contributed by atoms with Crippen molar-refractivity contribution in [2.75, 3.05) is 23.7 Å². The Hall–Kier alpha value is -2.91. The van der Waals surface area contributed by atoms with Crippen LogP contribution < -0.4 is 20.3 Å². The normalized spacial score (nSPS) is 25.3. The Balaban J connectivity index is 1.68. The van der Waals surface area contributed by atoms with E-state index in [1.165, 1.54) is 0 Å². The van der Waals surface area contributed by atoms with Gasteiger partial charge >= 0.3 is 16.1 Å². The van der Waals surface area contributed by atoms with Gasteiger partial charge in [-0.15, -0.1) is 3.89 Å². The van der Waals surface area contributed by atoms with Crippen LogP contribution in [0, 0.1) is 5.41 Å². The van der Waals surface area contributed by atoms with Crippen LogP contribution in [0.4, 0.5) is 16.2 Å². The molecule has 2 aliphatic rings. The van der Waals surface area contributed by atoms with Gasteiger partial charge in [0.1, 0.15) is 18.1 Å². The number of quaternary nitrogens is 1. The van der Waals surface area contributed by atoms with Crippen LogP contribution >= 0.6 is 0 Å². The maximum atomic E-state index is 12.7. The zero-order chi connectivity index (χ0) is 22.2. The van der Waals surface area contributed by atoms with Gasteiger partial charge in [0.25, 0.3) is 0 Å². The first kappa shape index (κ1) is 21.3. The van der Waals surface area contributed by atoms with E-state index in [0.29, 0.717) is 17.7 Å². The molecule has 164 valence electrons. The summed E-state index contributed by atoms with van der Waals surface area (Å²) in [5, 5.41) is 7.72. The second-order valence-corrected chi connectivity index (χ2v) is 10.4. The van der Waals surface area contributed by atoms with Crippen LogP contribution in [-0.4, -0.2) is 39.1 Å². The molecule has 0 aliphatic carbocycles. The molecule has 9 heteroatoms. The number of sulfonamides is 1. The lowest BCUT2D eigenvalue weighted by Gasteiger charge is -2.38. The number of primary amides is 1. The molecular weight excluding hydrogens is 414 g/mol. The number of carbonyl (C=O) groups is 1. The van der Waals surface area contributed by atoms with Crippen molar-refractivity contribution >= 4 is 33.3 Å². The third-order valence-electron chi connectivity index (χ3n) is 6.39. The minimum absolute atomic E-state index is 0.0343. The monoisotopic (exact) mass is 442 g/mol. The molecule has 31 heavy (non-hydrogen) atoms. The number of hydrogen-bond acceptors (Lipinski definition) is 5. The summed E-state index contributed by atoms with van der Waals surface area (Å²) in [5.74, 6) is -0.00678. The molecule has 0 aromatic heterocycles. The molecular formula is C22H28N5O3S+. The van der Waals surface area contributed by atoms with Crippen molar-refractivity contribution in [3.63, 3.8) is 0 Å². The molecule has 0 bridgehead atoms. The lowest BCUT2D eigenvalue weighted by molar-refractivity contribution is 0.234. The molecule has 8 nitrogen and oxygen atoms in total. The zero-order valence-electron chi connectivity index (χ0n) is 17.3. The molecule has 2 atom stereocenters. The molecule has 0 spiro atoms. The summed E-state index contributed by atoms with van der Waals surface area (Å²) in [6.45, 7) is 1.05. The van der Waals surface area contributed by atoms with Crippen LogP contribution in [0.25, 0.3) is 0 Å². The fraction of sp³-hybridized carbons (Fsp3) is 0.364. The number of urea groups is 1. The van der Waals surface area contributed by atoms with Crippen LogP contribution in [-0.2, 0) is 10.0 Å². The van der Waals surface area contributed by atoms with Gasteiger partial charge in [0, 0.05) is 36.3 Å². The lowest BCUT2D eigenvalue weighted by Crippen LogP contribution is -2.58. The number of benzene rings is 2. The van der Waals surface area contributed by atoms with Gasteiger partial charge in [0.2, 0.25) is 0 Å². The molecule has 2 heterocycles. The first-order valence-electron chi connectivity index (χ1n) is 10.5. The second-order valence-electron chi connectivity index (χ2n) is 8.20. The third-order valence-corrected chi connectivity index (χ3v) is 8.72. The molecule has 2 fully saturated rings. The van der Waals surface area contributed by atoms with Crippen LogP contribution in [0.2, 0.25) is 0 Å². The van der Waals surface area contributed by atoms with E-state index in [-0.39, 0.29) is 24.2 Å². The van der Waals surface area contributed by atoms with E-state index in [1.807, 2.05) is 36.4 Å². The number of anilines is 1. The Morgan fingerprint density at radius 1 is 1.06 bits per heavy atom. The van der Waals surface area contributed by atoms with Crippen molar-refractivity contribution in [3.8, 4) is 0 Å². The fourth-order valence-electron chi connectivity index (χ4n) is 4.81. The Morgan fingerprint density at radius 3 is 2.42 bits per heavy atom. The number of carbonyl (C=O) groups excluding carboxylic acids is 1. The quantitative estimate of drug-likeness (QED) is 0.381. The van der Waals surface area contributed by atoms with E-state index in [9.17, 15) is 13.2 Å². The fourth-order valence-corrected chi connectivity index (χ4v) is 6.74. The van der Waals surface area contributed by atoms with Gasteiger partial charge in [-0.25, -0.2) is 4.79 Å². The minimum Gasteiger partial charge on any atom is -0.384 e. The highest BCUT2D eigenvalue weighted by Crippen LogP contribution is 2.38. The van der Waals surface area contributed by atoms with E-state index >= 15 is 0 Å². The summed E-state index contributed by atoms with van der Waals surface area (Å²) in [6, 6.07) is 14.2. The number of nitrogens with one attached hydrogen (secondary N) is 1. The van der Waals surface area contributed by atoms with Gasteiger partial charge in [0.15, 0.2) is 5.69 Å². The van der Waals surface area contributed by atoms with E-state index in [1.54, 1.807) is 12.1 Å². The van der Waals surface area contributed by atoms with Gasteiger partial charge in [-0.1, -0.05) is 24.3 Å². The third kappa shape index (κ3) is 3.57.